The van der Waals surface area contributed by atoms with Crippen LogP contribution in [0, 0.1) is 0 Å². The van der Waals surface area contributed by atoms with Crippen LogP contribution in [-0.4, -0.2) is 31.0 Å². The first-order valence-electron chi connectivity index (χ1n) is 4.43. The smallest absolute Gasteiger partial charge is 0.419 e. The van der Waals surface area contributed by atoms with E-state index in [-0.39, 0.29) is 6.54 Å². The molecule has 7 heteroatoms. The van der Waals surface area contributed by atoms with Crippen LogP contribution in [0.2, 0.25) is 0 Å². The highest BCUT2D eigenvalue weighted by atomic mass is 32.2. The summed E-state index contributed by atoms with van der Waals surface area (Å²) in [5.74, 6) is 0. The largest absolute Gasteiger partial charge is 0.464 e. The number of benzene rings is 1. The van der Waals surface area contributed by atoms with Gasteiger partial charge in [-0.25, -0.2) is 9.52 Å². The van der Waals surface area contributed by atoms with Crippen LogP contribution in [-0.2, 0) is 16.8 Å². The van der Waals surface area contributed by atoms with E-state index in [2.05, 4.69) is 0 Å². The molecule has 16 heavy (non-hydrogen) atoms. The number of carboxylic acid groups (broad SMARTS) is 1. The Kier molecular flexibility index (Phi) is 3.86. The number of carbonyl (C=O) groups is 1. The monoisotopic (exact) mass is 244 g/mol. The first kappa shape index (κ1) is 12.5. The summed E-state index contributed by atoms with van der Waals surface area (Å²) in [6.45, 7) is 0.115. The maximum Gasteiger partial charge on any atom is 0.419 e. The van der Waals surface area contributed by atoms with Gasteiger partial charge in [-0.3, -0.25) is 0 Å². The zero-order chi connectivity index (χ0) is 12.2. The fourth-order valence-corrected chi connectivity index (χ4v) is 1.81. The van der Waals surface area contributed by atoms with Crippen LogP contribution in [0.5, 0.6) is 0 Å². The van der Waals surface area contributed by atoms with Crippen molar-refractivity contribution in [3.63, 3.8) is 0 Å². The van der Waals surface area contributed by atoms with Crippen LogP contribution in [0.25, 0.3) is 0 Å². The summed E-state index contributed by atoms with van der Waals surface area (Å²) >= 11 is 0. The van der Waals surface area contributed by atoms with Crippen LogP contribution in [0.1, 0.15) is 5.56 Å². The van der Waals surface area contributed by atoms with E-state index in [0.29, 0.717) is 0 Å². The molecule has 1 amide bonds. The Morgan fingerprint density at radius 1 is 1.38 bits per heavy atom. The normalized spacial score (nSPS) is 11.4. The topological polar surface area (TPSA) is 86.7 Å². The van der Waals surface area contributed by atoms with Gasteiger partial charge >= 0.3 is 16.3 Å². The molecule has 0 radical (unpaired) electrons. The molecule has 0 bridgehead atoms. The lowest BCUT2D eigenvalue weighted by atomic mass is 10.2. The zero-order valence-corrected chi connectivity index (χ0v) is 9.44. The molecule has 0 aliphatic heterocycles. The molecule has 6 nitrogen and oxygen atoms in total. The van der Waals surface area contributed by atoms with Gasteiger partial charge in [0.25, 0.3) is 0 Å². The number of rotatable bonds is 4. The van der Waals surface area contributed by atoms with Gasteiger partial charge in [-0.15, -0.1) is 0 Å². The van der Waals surface area contributed by atoms with E-state index >= 15 is 0 Å². The van der Waals surface area contributed by atoms with Crippen molar-refractivity contribution in [2.24, 2.45) is 0 Å². The molecule has 1 rings (SSSR count). The maximum atomic E-state index is 11.4. The van der Waals surface area contributed by atoms with Gasteiger partial charge in [-0.2, -0.15) is 12.7 Å². The van der Waals surface area contributed by atoms with E-state index < -0.39 is 16.3 Å². The lowest BCUT2D eigenvalue weighted by Crippen LogP contribution is -2.40. The Bertz CT molecular complexity index is 458. The Labute approximate surface area is 93.7 Å². The first-order chi connectivity index (χ1) is 7.42. The number of hydrogen-bond acceptors (Lipinski definition) is 3. The van der Waals surface area contributed by atoms with Crippen molar-refractivity contribution in [2.75, 3.05) is 7.05 Å². The van der Waals surface area contributed by atoms with E-state index in [1.54, 1.807) is 24.3 Å². The molecule has 0 unspecified atom stereocenters. The van der Waals surface area contributed by atoms with Gasteiger partial charge in [-0.1, -0.05) is 30.3 Å². The summed E-state index contributed by atoms with van der Waals surface area (Å²) in [5, 5.41) is 8.35. The molecule has 0 spiro atoms. The quantitative estimate of drug-likeness (QED) is 0.813. The molecule has 0 aliphatic carbocycles. The molecule has 0 atom stereocenters. The third kappa shape index (κ3) is 3.52. The predicted octanol–water partition coefficient (Wildman–Crippen LogP) is 0.631. The van der Waals surface area contributed by atoms with E-state index in [9.17, 15) is 13.2 Å². The Hall–Kier alpha value is -1.60. The minimum atomic E-state index is -3.97. The number of hydrogen-bond donors (Lipinski definition) is 2. The second-order valence-electron chi connectivity index (χ2n) is 3.15. The van der Waals surface area contributed by atoms with E-state index in [4.69, 9.17) is 5.11 Å². The van der Waals surface area contributed by atoms with Crippen LogP contribution in [0.4, 0.5) is 4.79 Å². The lowest BCUT2D eigenvalue weighted by Gasteiger charge is -2.16. The molecular weight excluding hydrogens is 232 g/mol. The van der Waals surface area contributed by atoms with Gasteiger partial charge in [0.1, 0.15) is 0 Å². The van der Waals surface area contributed by atoms with Crippen LogP contribution in [0.3, 0.4) is 0 Å². The Balaban J connectivity index is 2.72. The molecule has 1 aromatic rings. The molecule has 0 saturated carbocycles. The zero-order valence-electron chi connectivity index (χ0n) is 8.62. The molecule has 0 saturated heterocycles. The van der Waals surface area contributed by atoms with Crippen molar-refractivity contribution in [3.8, 4) is 0 Å². The van der Waals surface area contributed by atoms with Gasteiger partial charge in [0.2, 0.25) is 0 Å². The third-order valence-electron chi connectivity index (χ3n) is 1.87. The van der Waals surface area contributed by atoms with Crippen molar-refractivity contribution in [1.29, 1.82) is 0 Å². The average molecular weight is 244 g/mol. The maximum absolute atomic E-state index is 11.4. The lowest BCUT2D eigenvalue weighted by molar-refractivity contribution is 0.200. The minimum Gasteiger partial charge on any atom is -0.464 e. The highest BCUT2D eigenvalue weighted by Crippen LogP contribution is 2.05. The Morgan fingerprint density at radius 3 is 2.44 bits per heavy atom. The second-order valence-corrected chi connectivity index (χ2v) is 4.93. The molecule has 1 aromatic carbocycles. The van der Waals surface area contributed by atoms with Gasteiger partial charge in [0, 0.05) is 13.6 Å². The molecule has 0 fully saturated rings. The molecule has 0 aromatic heterocycles. The van der Waals surface area contributed by atoms with Gasteiger partial charge in [-0.05, 0) is 5.56 Å². The fourth-order valence-electron chi connectivity index (χ4n) is 1.11. The van der Waals surface area contributed by atoms with Gasteiger partial charge < -0.3 is 5.11 Å². The summed E-state index contributed by atoms with van der Waals surface area (Å²) in [5.41, 5.74) is 0.778. The summed E-state index contributed by atoms with van der Waals surface area (Å²) in [6.07, 6.45) is -1.60. The van der Waals surface area contributed by atoms with Crippen molar-refractivity contribution in [2.45, 2.75) is 6.54 Å². The van der Waals surface area contributed by atoms with Gasteiger partial charge in [0.05, 0.1) is 0 Å². The van der Waals surface area contributed by atoms with Crippen molar-refractivity contribution in [3.05, 3.63) is 35.9 Å². The second kappa shape index (κ2) is 4.95. The van der Waals surface area contributed by atoms with E-state index in [1.165, 1.54) is 11.8 Å². The molecule has 88 valence electrons. The van der Waals surface area contributed by atoms with Crippen LogP contribution < -0.4 is 4.72 Å². The number of amides is 1. The van der Waals surface area contributed by atoms with Crippen LogP contribution in [0.15, 0.2) is 30.3 Å². The van der Waals surface area contributed by atoms with E-state index in [0.717, 1.165) is 9.87 Å². The summed E-state index contributed by atoms with van der Waals surface area (Å²) in [6, 6.07) is 8.88. The third-order valence-corrected chi connectivity index (χ3v) is 3.26. The SMILES string of the molecule is CN(Cc1ccccc1)S(=O)(=O)NC(=O)O. The first-order valence-corrected chi connectivity index (χ1v) is 5.87. The van der Waals surface area contributed by atoms with Crippen molar-refractivity contribution >= 4 is 16.3 Å². The molecule has 0 aliphatic rings. The Morgan fingerprint density at radius 2 is 1.94 bits per heavy atom. The number of nitrogens with one attached hydrogen (secondary N) is 1. The standard InChI is InChI=1S/C9H12N2O4S/c1-11(16(14,15)10-9(12)13)7-8-5-3-2-4-6-8/h2-6,10H,7H2,1H3,(H,12,13). The average Bonchev–Trinajstić information content (AvgIpc) is 2.17. The van der Waals surface area contributed by atoms with Crippen molar-refractivity contribution in [1.82, 2.24) is 9.03 Å². The summed E-state index contributed by atoms with van der Waals surface area (Å²) in [4.78, 5) is 10.3. The summed E-state index contributed by atoms with van der Waals surface area (Å²) in [7, 11) is -2.67. The summed E-state index contributed by atoms with van der Waals surface area (Å²) < 4.78 is 25.1. The minimum absolute atomic E-state index is 0.115. The number of nitrogens with zero attached hydrogens (tertiary/aromatic N) is 1. The highest BCUT2D eigenvalue weighted by Gasteiger charge is 2.19. The van der Waals surface area contributed by atoms with E-state index in [1.807, 2.05) is 6.07 Å². The van der Waals surface area contributed by atoms with Gasteiger partial charge in [0.15, 0.2) is 0 Å². The fraction of sp³-hybridized carbons (Fsp3) is 0.222. The molecule has 0 heterocycles. The van der Waals surface area contributed by atoms with Crippen molar-refractivity contribution < 1.29 is 18.3 Å². The van der Waals surface area contributed by atoms with Crippen LogP contribution >= 0.6 is 0 Å². The molecule has 2 N–H and O–H groups in total. The highest BCUT2D eigenvalue weighted by molar-refractivity contribution is 7.87. The predicted molar refractivity (Wildman–Crippen MR) is 58.0 cm³/mol. The molecular formula is C9H12N2O4S.